The van der Waals surface area contributed by atoms with Gasteiger partial charge < -0.3 is 9.13 Å². The zero-order valence-electron chi connectivity index (χ0n) is 41.5. The molecule has 12 rings (SSSR count). The van der Waals surface area contributed by atoms with E-state index >= 15 is 26.3 Å². The Morgan fingerprint density at radius 2 is 0.525 bits per heavy atom. The van der Waals surface area contributed by atoms with Crippen molar-refractivity contribution in [3.05, 3.63) is 239 Å². The molecule has 378 valence electrons. The lowest BCUT2D eigenvalue weighted by Crippen LogP contribution is -2.16. The minimum absolute atomic E-state index is 0.0754. The molecular weight excluding hydrogens is 1020 g/mol. The van der Waals surface area contributed by atoms with Crippen molar-refractivity contribution >= 4 is 43.6 Å². The number of alkyl halides is 6. The van der Waals surface area contributed by atoms with Gasteiger partial charge in [-0.25, -0.2) is 0 Å². The summed E-state index contributed by atoms with van der Waals surface area (Å²) < 4.78 is 98.7. The second-order valence-electron chi connectivity index (χ2n) is 19.1. The van der Waals surface area contributed by atoms with Gasteiger partial charge in [0.2, 0.25) is 0 Å². The normalized spacial score (nSPS) is 11.6. The molecule has 0 spiro atoms. The molecule has 0 saturated carbocycles. The minimum atomic E-state index is -5.33. The van der Waals surface area contributed by atoms with Gasteiger partial charge in [-0.2, -0.15) is 52.7 Å². The molecule has 10 aromatic carbocycles. The lowest BCUT2D eigenvalue weighted by Gasteiger charge is -2.25. The van der Waals surface area contributed by atoms with E-state index in [0.29, 0.717) is 100 Å². The lowest BCUT2D eigenvalue weighted by atomic mass is 9.89. The number of hydrogen-bond acceptors (Lipinski definition) is 5. The predicted octanol–water partition coefficient (Wildman–Crippen LogP) is 17.6. The molecule has 0 amide bonds. The summed E-state index contributed by atoms with van der Waals surface area (Å²) in [4.78, 5) is 0. The van der Waals surface area contributed by atoms with Crippen LogP contribution in [-0.4, -0.2) is 9.13 Å². The SMILES string of the molecule is N#Cc1ccc(-c2ccc3c(c2)c2cc(-c4ccc(C#N)cc4)ccc2n3-c2cc(C#N)cc(-n3c4ccc(-c5ccc(C#N)cc5)cc4c4cc(-c5ccc(C#N)cc5)ccc43)c2-c2c(C(F)(F)F)cccc2C(F)(F)F)cc1. The first kappa shape index (κ1) is 49.7. The van der Waals surface area contributed by atoms with Crippen LogP contribution in [0.2, 0.25) is 0 Å². The highest BCUT2D eigenvalue weighted by Crippen LogP contribution is 2.51. The third kappa shape index (κ3) is 8.48. The molecule has 0 N–H and O–H groups in total. The van der Waals surface area contributed by atoms with E-state index < -0.39 is 34.6 Å². The van der Waals surface area contributed by atoms with Crippen LogP contribution in [0.1, 0.15) is 38.9 Å². The maximum atomic E-state index is 15.9. The lowest BCUT2D eigenvalue weighted by molar-refractivity contribution is -0.142. The fourth-order valence-corrected chi connectivity index (χ4v) is 10.8. The molecule has 0 atom stereocenters. The predicted molar refractivity (Wildman–Crippen MR) is 296 cm³/mol. The average Bonchev–Trinajstić information content (AvgIpc) is 3.22. The van der Waals surface area contributed by atoms with Gasteiger partial charge in [-0.3, -0.25) is 0 Å². The second-order valence-corrected chi connectivity index (χ2v) is 19.1. The van der Waals surface area contributed by atoms with E-state index in [1.54, 1.807) is 155 Å². The molecular formula is C67H33F6N7. The number of fused-ring (bicyclic) bond motifs is 6. The van der Waals surface area contributed by atoms with Crippen LogP contribution >= 0.6 is 0 Å². The Hall–Kier alpha value is -11.2. The largest absolute Gasteiger partial charge is 0.417 e. The maximum absolute atomic E-state index is 15.9. The van der Waals surface area contributed by atoms with Gasteiger partial charge in [-0.1, -0.05) is 78.9 Å². The van der Waals surface area contributed by atoms with Crippen LogP contribution in [0, 0.1) is 56.7 Å². The van der Waals surface area contributed by atoms with Gasteiger partial charge in [0.25, 0.3) is 0 Å². The van der Waals surface area contributed by atoms with E-state index in [2.05, 4.69) is 30.3 Å². The first-order valence-corrected chi connectivity index (χ1v) is 24.7. The molecule has 0 aliphatic heterocycles. The van der Waals surface area contributed by atoms with E-state index in [0.717, 1.165) is 28.3 Å². The molecule has 80 heavy (non-hydrogen) atoms. The summed E-state index contributed by atoms with van der Waals surface area (Å²) in [6.07, 6.45) is -10.7. The van der Waals surface area contributed by atoms with Gasteiger partial charge in [-0.05, 0) is 166 Å². The van der Waals surface area contributed by atoms with Crippen molar-refractivity contribution in [2.45, 2.75) is 12.4 Å². The summed E-state index contributed by atoms with van der Waals surface area (Å²) in [5, 5.41) is 51.6. The molecule has 0 unspecified atom stereocenters. The molecule has 2 aromatic heterocycles. The van der Waals surface area contributed by atoms with Crippen molar-refractivity contribution in [1.82, 2.24) is 9.13 Å². The van der Waals surface area contributed by atoms with E-state index in [1.165, 1.54) is 12.1 Å². The Labute approximate surface area is 452 Å². The molecule has 0 radical (unpaired) electrons. The van der Waals surface area contributed by atoms with Gasteiger partial charge in [0.15, 0.2) is 0 Å². The van der Waals surface area contributed by atoms with Gasteiger partial charge in [0.05, 0.1) is 103 Å². The third-order valence-electron chi connectivity index (χ3n) is 14.6. The second kappa shape index (κ2) is 19.1. The molecule has 0 saturated heterocycles. The van der Waals surface area contributed by atoms with Crippen LogP contribution in [0.4, 0.5) is 26.3 Å². The topological polar surface area (TPSA) is 129 Å². The van der Waals surface area contributed by atoms with Crippen LogP contribution in [0.5, 0.6) is 0 Å². The van der Waals surface area contributed by atoms with E-state index in [9.17, 15) is 26.3 Å². The van der Waals surface area contributed by atoms with E-state index in [4.69, 9.17) is 0 Å². The highest BCUT2D eigenvalue weighted by atomic mass is 19.4. The van der Waals surface area contributed by atoms with Crippen molar-refractivity contribution in [1.29, 1.82) is 26.3 Å². The third-order valence-corrected chi connectivity index (χ3v) is 14.6. The van der Waals surface area contributed by atoms with Crippen molar-refractivity contribution in [3.63, 3.8) is 0 Å². The van der Waals surface area contributed by atoms with Crippen molar-refractivity contribution < 1.29 is 26.3 Å². The molecule has 0 aliphatic carbocycles. The molecule has 0 bridgehead atoms. The van der Waals surface area contributed by atoms with Gasteiger partial charge >= 0.3 is 12.4 Å². The van der Waals surface area contributed by atoms with Crippen molar-refractivity contribution in [2.24, 2.45) is 0 Å². The zero-order chi connectivity index (χ0) is 55.6. The number of aromatic nitrogens is 2. The Morgan fingerprint density at radius 1 is 0.275 bits per heavy atom. The van der Waals surface area contributed by atoms with Crippen molar-refractivity contribution in [3.8, 4) is 97.4 Å². The molecule has 7 nitrogen and oxygen atoms in total. The molecule has 0 fully saturated rings. The van der Waals surface area contributed by atoms with Crippen LogP contribution in [0.25, 0.3) is 111 Å². The Balaban J connectivity index is 1.24. The highest BCUT2D eigenvalue weighted by molar-refractivity contribution is 6.14. The van der Waals surface area contributed by atoms with E-state index in [1.807, 2.05) is 24.3 Å². The molecule has 2 heterocycles. The number of nitrogens with zero attached hydrogens (tertiary/aromatic N) is 7. The monoisotopic (exact) mass is 1050 g/mol. The first-order chi connectivity index (χ1) is 38.7. The summed E-state index contributed by atoms with van der Waals surface area (Å²) in [6.45, 7) is 0. The standard InChI is InChI=1S/C67H33F6N7/c68-66(69,70)56-2-1-3-57(67(71,72)73)64(56)65-62(79-58-24-20-48(44-12-4-39(34-74)5-13-44)30-52(58)53-31-49(21-25-59(53)79)45-14-6-40(35-75)7-15-45)28-43(38-78)29-63(65)80-60-26-22-50(46-16-8-41(36-76)9-17-46)32-54(60)55-33-51(23-27-61(55)80)47-18-10-42(37-77)11-19-47/h1-33H. The number of benzene rings is 10. The Morgan fingerprint density at radius 3 is 0.762 bits per heavy atom. The van der Waals surface area contributed by atoms with Crippen LogP contribution in [0.15, 0.2) is 200 Å². The molecule has 0 aliphatic rings. The van der Waals surface area contributed by atoms with Crippen LogP contribution < -0.4 is 0 Å². The maximum Gasteiger partial charge on any atom is 0.417 e. The number of halogens is 6. The number of nitriles is 5. The quantitative estimate of drug-likeness (QED) is 0.147. The van der Waals surface area contributed by atoms with Crippen molar-refractivity contribution in [2.75, 3.05) is 0 Å². The summed E-state index contributed by atoms with van der Waals surface area (Å²) in [6, 6.07) is 64.5. The minimum Gasteiger partial charge on any atom is -0.308 e. The highest BCUT2D eigenvalue weighted by Gasteiger charge is 2.43. The smallest absolute Gasteiger partial charge is 0.308 e. The Bertz CT molecular complexity index is 4240. The Kier molecular flexibility index (Phi) is 11.9. The molecule has 13 heteroatoms. The average molecular weight is 1050 g/mol. The zero-order valence-corrected chi connectivity index (χ0v) is 41.5. The van der Waals surface area contributed by atoms with E-state index in [-0.39, 0.29) is 16.9 Å². The summed E-state index contributed by atoms with van der Waals surface area (Å²) in [5.74, 6) is 0. The van der Waals surface area contributed by atoms with Crippen LogP contribution in [0.3, 0.4) is 0 Å². The number of rotatable bonds is 7. The summed E-state index contributed by atoms with van der Waals surface area (Å²) in [5.41, 5.74) is 3.85. The van der Waals surface area contributed by atoms with Gasteiger partial charge in [0.1, 0.15) is 0 Å². The first-order valence-electron chi connectivity index (χ1n) is 24.7. The summed E-state index contributed by atoms with van der Waals surface area (Å²) >= 11 is 0. The fraction of sp³-hybridized carbons (Fsp3) is 0.0299. The van der Waals surface area contributed by atoms with Gasteiger partial charge in [-0.15, -0.1) is 0 Å². The fourth-order valence-electron chi connectivity index (χ4n) is 10.8. The molecule has 12 aromatic rings. The van der Waals surface area contributed by atoms with Gasteiger partial charge in [0, 0.05) is 32.7 Å². The summed E-state index contributed by atoms with van der Waals surface area (Å²) in [7, 11) is 0. The van der Waals surface area contributed by atoms with Crippen LogP contribution in [-0.2, 0) is 12.4 Å². The number of hydrogen-bond donors (Lipinski definition) is 0.